The van der Waals surface area contributed by atoms with Gasteiger partial charge in [-0.3, -0.25) is 4.79 Å². The molecule has 0 radical (unpaired) electrons. The van der Waals surface area contributed by atoms with E-state index in [1.54, 1.807) is 0 Å². The number of carbonyl (C=O) groups excluding carboxylic acids is 1. The van der Waals surface area contributed by atoms with Crippen molar-refractivity contribution in [3.05, 3.63) is 0 Å². The number of rotatable bonds is 0. The van der Waals surface area contributed by atoms with Crippen LogP contribution in [0.2, 0.25) is 0 Å². The lowest BCUT2D eigenvalue weighted by atomic mass is 9.44. The largest absolute Gasteiger partial charge is 0.393 e. The molecule has 3 nitrogen and oxygen atoms in total. The fraction of sp³-hybridized carbons (Fsp3) is 0.947. The van der Waals surface area contributed by atoms with Crippen molar-refractivity contribution in [2.24, 2.45) is 28.6 Å². The second-order valence-corrected chi connectivity index (χ2v) is 9.83. The first-order valence-corrected chi connectivity index (χ1v) is 9.69. The molecule has 4 heteroatoms. The summed E-state index contributed by atoms with van der Waals surface area (Å²) < 4.78 is 0. The number of hydrogen-bond donors (Lipinski definition) is 2. The molecule has 0 amide bonds. The molecule has 0 aromatic rings. The molecule has 4 saturated carbocycles. The maximum atomic E-state index is 12.5. The van der Waals surface area contributed by atoms with Crippen LogP contribution in [0.5, 0.6) is 0 Å². The molecule has 4 fully saturated rings. The Balaban J connectivity index is 1.76. The van der Waals surface area contributed by atoms with Crippen LogP contribution in [0, 0.1) is 28.6 Å². The van der Waals surface area contributed by atoms with E-state index in [-0.39, 0.29) is 22.9 Å². The van der Waals surface area contributed by atoms with E-state index in [0.29, 0.717) is 30.5 Å². The number of ketones is 1. The monoisotopic (exact) mass is 340 g/mol. The van der Waals surface area contributed by atoms with E-state index >= 15 is 0 Å². The van der Waals surface area contributed by atoms with Crippen molar-refractivity contribution >= 4 is 17.4 Å². The van der Waals surface area contributed by atoms with Crippen LogP contribution < -0.4 is 0 Å². The molecule has 8 atom stereocenters. The van der Waals surface area contributed by atoms with Gasteiger partial charge in [0.2, 0.25) is 0 Å². The predicted octanol–water partition coefficient (Wildman–Crippen LogP) is 3.29. The van der Waals surface area contributed by atoms with Gasteiger partial charge in [-0.15, -0.1) is 11.6 Å². The molecule has 130 valence electrons. The van der Waals surface area contributed by atoms with E-state index in [4.69, 9.17) is 11.6 Å². The third-order valence-electron chi connectivity index (χ3n) is 8.42. The average Bonchev–Trinajstić information content (AvgIpc) is 2.77. The Hall–Kier alpha value is -0.120. The molecule has 4 aliphatic carbocycles. The lowest BCUT2D eigenvalue weighted by molar-refractivity contribution is -0.162. The summed E-state index contributed by atoms with van der Waals surface area (Å²) in [5.41, 5.74) is -0.511. The first-order chi connectivity index (χ1) is 10.7. The van der Waals surface area contributed by atoms with Gasteiger partial charge in [-0.2, -0.15) is 0 Å². The first-order valence-electron chi connectivity index (χ1n) is 9.32. The van der Waals surface area contributed by atoms with Crippen molar-refractivity contribution in [3.8, 4) is 0 Å². The van der Waals surface area contributed by atoms with E-state index in [9.17, 15) is 15.0 Å². The summed E-state index contributed by atoms with van der Waals surface area (Å²) in [4.78, 5) is 11.8. The molecule has 2 N–H and O–H groups in total. The van der Waals surface area contributed by atoms with Crippen molar-refractivity contribution in [1.29, 1.82) is 0 Å². The molecule has 0 aromatic carbocycles. The Labute approximate surface area is 143 Å². The molecule has 4 aliphatic rings. The minimum absolute atomic E-state index is 0.136. The number of fused-ring (bicyclic) bond motifs is 5. The van der Waals surface area contributed by atoms with Crippen LogP contribution >= 0.6 is 11.6 Å². The normalized spacial score (nSPS) is 59.2. The number of aliphatic hydroxyl groups is 2. The van der Waals surface area contributed by atoms with Gasteiger partial charge >= 0.3 is 0 Å². The number of halogens is 1. The van der Waals surface area contributed by atoms with Crippen LogP contribution in [0.4, 0.5) is 0 Å². The minimum Gasteiger partial charge on any atom is -0.393 e. The van der Waals surface area contributed by atoms with Crippen molar-refractivity contribution in [2.45, 2.75) is 82.3 Å². The molecule has 0 saturated heterocycles. The first kappa shape index (κ1) is 16.4. The predicted molar refractivity (Wildman–Crippen MR) is 89.2 cm³/mol. The van der Waals surface area contributed by atoms with E-state index < -0.39 is 11.0 Å². The molecular formula is C19H29ClO3. The van der Waals surface area contributed by atoms with Crippen molar-refractivity contribution < 1.29 is 15.0 Å². The number of hydrogen-bond acceptors (Lipinski definition) is 3. The summed E-state index contributed by atoms with van der Waals surface area (Å²) in [6, 6.07) is 0. The Kier molecular flexibility index (Phi) is 3.52. The Bertz CT molecular complexity index is 537. The van der Waals surface area contributed by atoms with Gasteiger partial charge in [0.15, 0.2) is 0 Å². The maximum absolute atomic E-state index is 12.5. The van der Waals surface area contributed by atoms with E-state index in [1.807, 2.05) is 0 Å². The highest BCUT2D eigenvalue weighted by molar-refractivity contribution is 6.25. The van der Waals surface area contributed by atoms with Crippen LogP contribution in [0.3, 0.4) is 0 Å². The van der Waals surface area contributed by atoms with Gasteiger partial charge in [0.25, 0.3) is 0 Å². The molecule has 0 unspecified atom stereocenters. The third kappa shape index (κ3) is 1.88. The number of Topliss-reactive ketones (excluding diaryl/α,β-unsaturated/α-hetero) is 1. The highest BCUT2D eigenvalue weighted by atomic mass is 35.5. The standard InChI is InChI=1S/C19H29ClO3/c1-17-10-16(23)19(20)14(13(17)5-6-15(17)22)4-3-11-9-12(21)7-8-18(11,19)2/h11-14,16,21,23H,3-10H2,1-2H3/t11-,12-,13-,14-,16-,17-,18-,19-/m0/s1. The second-order valence-electron chi connectivity index (χ2n) is 9.20. The number of carbonyl (C=O) groups is 1. The van der Waals surface area contributed by atoms with Crippen molar-refractivity contribution in [3.63, 3.8) is 0 Å². The van der Waals surface area contributed by atoms with Crippen molar-refractivity contribution in [1.82, 2.24) is 0 Å². The summed E-state index contributed by atoms with van der Waals surface area (Å²) in [5, 5.41) is 21.2. The molecule has 0 aromatic heterocycles. The van der Waals surface area contributed by atoms with Crippen LogP contribution in [0.25, 0.3) is 0 Å². The Morgan fingerprint density at radius 2 is 1.83 bits per heavy atom. The maximum Gasteiger partial charge on any atom is 0.139 e. The summed E-state index contributed by atoms with van der Waals surface area (Å²) in [5.74, 6) is 1.25. The minimum atomic E-state index is -0.634. The van der Waals surface area contributed by atoms with Gasteiger partial charge < -0.3 is 10.2 Å². The molecule has 0 spiro atoms. The summed E-state index contributed by atoms with van der Waals surface area (Å²) in [6.45, 7) is 4.30. The Morgan fingerprint density at radius 3 is 2.57 bits per heavy atom. The lowest BCUT2D eigenvalue weighted by Crippen LogP contribution is -2.68. The van der Waals surface area contributed by atoms with E-state index in [2.05, 4.69) is 13.8 Å². The molecule has 23 heavy (non-hydrogen) atoms. The highest BCUT2D eigenvalue weighted by Crippen LogP contribution is 2.69. The summed E-state index contributed by atoms with van der Waals surface area (Å²) >= 11 is 7.32. The smallest absolute Gasteiger partial charge is 0.139 e. The van der Waals surface area contributed by atoms with Gasteiger partial charge in [-0.05, 0) is 68.1 Å². The molecular weight excluding hydrogens is 312 g/mol. The van der Waals surface area contributed by atoms with Crippen LogP contribution in [-0.2, 0) is 4.79 Å². The molecule has 0 bridgehead atoms. The van der Waals surface area contributed by atoms with Crippen LogP contribution in [-0.4, -0.2) is 33.1 Å². The van der Waals surface area contributed by atoms with Crippen molar-refractivity contribution in [2.75, 3.05) is 0 Å². The topological polar surface area (TPSA) is 57.5 Å². The van der Waals surface area contributed by atoms with Crippen LogP contribution in [0.15, 0.2) is 0 Å². The van der Waals surface area contributed by atoms with Gasteiger partial charge in [0.05, 0.1) is 17.1 Å². The fourth-order valence-electron chi connectivity index (χ4n) is 7.01. The van der Waals surface area contributed by atoms with Gasteiger partial charge in [-0.25, -0.2) is 0 Å². The second kappa shape index (κ2) is 4.95. The zero-order chi connectivity index (χ0) is 16.6. The molecule has 0 heterocycles. The highest BCUT2D eigenvalue weighted by Gasteiger charge is 2.70. The number of aliphatic hydroxyl groups excluding tert-OH is 2. The summed E-state index contributed by atoms with van der Waals surface area (Å²) in [7, 11) is 0. The quantitative estimate of drug-likeness (QED) is 0.665. The molecule has 4 rings (SSSR count). The molecule has 0 aliphatic heterocycles. The zero-order valence-corrected chi connectivity index (χ0v) is 15.0. The third-order valence-corrected chi connectivity index (χ3v) is 9.39. The van der Waals surface area contributed by atoms with E-state index in [0.717, 1.165) is 38.5 Å². The average molecular weight is 341 g/mol. The van der Waals surface area contributed by atoms with Gasteiger partial charge in [-0.1, -0.05) is 13.8 Å². The van der Waals surface area contributed by atoms with Crippen LogP contribution in [0.1, 0.15) is 65.2 Å². The Morgan fingerprint density at radius 1 is 1.09 bits per heavy atom. The SMILES string of the molecule is C[C@]12CC[C@H](O)C[C@@H]1CC[C@H]1[C@@H]3CCC(=O)[C@@]3(C)C[C@H](O)[C@@]12Cl. The fourth-order valence-corrected chi connectivity index (χ4v) is 7.60. The van der Waals surface area contributed by atoms with Gasteiger partial charge in [0.1, 0.15) is 5.78 Å². The van der Waals surface area contributed by atoms with E-state index in [1.165, 1.54) is 0 Å². The van der Waals surface area contributed by atoms with Gasteiger partial charge in [0, 0.05) is 11.8 Å². The number of alkyl halides is 1. The lowest BCUT2D eigenvalue weighted by Gasteiger charge is -2.65. The summed E-state index contributed by atoms with van der Waals surface area (Å²) in [6.07, 6.45) is 5.79. The zero-order valence-electron chi connectivity index (χ0n) is 14.2.